The zero-order valence-electron chi connectivity index (χ0n) is 12.0. The van der Waals surface area contributed by atoms with Crippen LogP contribution in [0.15, 0.2) is 24.3 Å². The van der Waals surface area contributed by atoms with Gasteiger partial charge < -0.3 is 10.6 Å². The fourth-order valence-corrected chi connectivity index (χ4v) is 2.39. The van der Waals surface area contributed by atoms with Crippen molar-refractivity contribution < 1.29 is 13.2 Å². The fraction of sp³-hybridized carbons (Fsp3) is 0.400. The lowest BCUT2D eigenvalue weighted by Gasteiger charge is -2.27. The van der Waals surface area contributed by atoms with Crippen LogP contribution < -0.4 is 10.6 Å². The Morgan fingerprint density at radius 3 is 2.57 bits per heavy atom. The smallest absolute Gasteiger partial charge is 0.399 e. The summed E-state index contributed by atoms with van der Waals surface area (Å²) in [6.45, 7) is 2.98. The zero-order chi connectivity index (χ0) is 15.6. The number of hydrogen-bond acceptors (Lipinski definition) is 3. The molecule has 0 aliphatic carbocycles. The van der Waals surface area contributed by atoms with Crippen LogP contribution in [-0.4, -0.2) is 24.2 Å². The molecule has 0 saturated carbocycles. The number of nitrogen functional groups attached to an aromatic ring is 1. The molecule has 0 bridgehead atoms. The van der Waals surface area contributed by atoms with Gasteiger partial charge in [-0.1, -0.05) is 6.92 Å². The number of aryl methyl sites for hydroxylation is 1. The Balaban J connectivity index is 2.57. The van der Waals surface area contributed by atoms with Crippen molar-refractivity contribution in [2.24, 2.45) is 0 Å². The summed E-state index contributed by atoms with van der Waals surface area (Å²) in [6.07, 6.45) is -3.62. The first-order valence-electron chi connectivity index (χ1n) is 6.78. The van der Waals surface area contributed by atoms with E-state index >= 15 is 0 Å². The van der Waals surface area contributed by atoms with Crippen molar-refractivity contribution in [3.8, 4) is 0 Å². The Hall–Kier alpha value is -1.98. The number of anilines is 2. The molecule has 0 fully saturated rings. The van der Waals surface area contributed by atoms with Gasteiger partial charge >= 0.3 is 6.18 Å². The molecule has 0 amide bonds. The minimum atomic E-state index is -4.25. The number of benzene rings is 1. The summed E-state index contributed by atoms with van der Waals surface area (Å²) in [7, 11) is 0. The van der Waals surface area contributed by atoms with Crippen LogP contribution in [-0.2, 0) is 0 Å². The standard InChI is InChI=1S/C15H18F3N3/c1-3-6-21(9-15(16,17)18)14-7-10(2)20-13-5-4-11(19)8-12(13)14/h4-5,7-8H,3,6,9,19H2,1-2H3. The van der Waals surface area contributed by atoms with Gasteiger partial charge in [-0.3, -0.25) is 4.98 Å². The summed E-state index contributed by atoms with van der Waals surface area (Å²) >= 11 is 0. The summed E-state index contributed by atoms with van der Waals surface area (Å²) in [6, 6.07) is 6.80. The molecule has 2 aromatic rings. The molecular formula is C15H18F3N3. The topological polar surface area (TPSA) is 42.2 Å². The van der Waals surface area contributed by atoms with Crippen molar-refractivity contribution in [3.05, 3.63) is 30.0 Å². The van der Waals surface area contributed by atoms with Gasteiger partial charge in [0, 0.05) is 29.0 Å². The average molecular weight is 297 g/mol. The van der Waals surface area contributed by atoms with E-state index < -0.39 is 12.7 Å². The van der Waals surface area contributed by atoms with Gasteiger partial charge in [-0.2, -0.15) is 13.2 Å². The van der Waals surface area contributed by atoms with Crippen molar-refractivity contribution in [1.82, 2.24) is 4.98 Å². The second-order valence-electron chi connectivity index (χ2n) is 5.10. The van der Waals surface area contributed by atoms with Crippen molar-refractivity contribution in [1.29, 1.82) is 0 Å². The number of alkyl halides is 3. The monoisotopic (exact) mass is 297 g/mol. The molecule has 0 unspecified atom stereocenters. The van der Waals surface area contributed by atoms with E-state index in [9.17, 15) is 13.2 Å². The highest BCUT2D eigenvalue weighted by Crippen LogP contribution is 2.31. The molecule has 0 aliphatic rings. The molecule has 1 aromatic heterocycles. The van der Waals surface area contributed by atoms with Gasteiger partial charge in [0.25, 0.3) is 0 Å². The van der Waals surface area contributed by atoms with Gasteiger partial charge in [0.1, 0.15) is 6.54 Å². The van der Waals surface area contributed by atoms with Crippen molar-refractivity contribution >= 4 is 22.3 Å². The Kier molecular flexibility index (Phi) is 4.25. The Labute approximate surface area is 121 Å². The number of fused-ring (bicyclic) bond motifs is 1. The van der Waals surface area contributed by atoms with Crippen LogP contribution in [0.1, 0.15) is 19.0 Å². The highest BCUT2D eigenvalue weighted by Gasteiger charge is 2.31. The molecule has 1 heterocycles. The van der Waals surface area contributed by atoms with Gasteiger partial charge in [-0.05, 0) is 37.6 Å². The molecule has 114 valence electrons. The predicted molar refractivity (Wildman–Crippen MR) is 79.5 cm³/mol. The third-order valence-electron chi connectivity index (χ3n) is 3.14. The van der Waals surface area contributed by atoms with Crippen molar-refractivity contribution in [2.45, 2.75) is 26.4 Å². The molecule has 3 nitrogen and oxygen atoms in total. The lowest BCUT2D eigenvalue weighted by atomic mass is 10.1. The summed E-state index contributed by atoms with van der Waals surface area (Å²) in [5.74, 6) is 0. The minimum absolute atomic E-state index is 0.326. The van der Waals surface area contributed by atoms with E-state index in [2.05, 4.69) is 4.98 Å². The van der Waals surface area contributed by atoms with E-state index in [1.165, 1.54) is 4.90 Å². The molecule has 0 radical (unpaired) electrons. The average Bonchev–Trinajstić information content (AvgIpc) is 2.36. The maximum atomic E-state index is 12.8. The molecule has 0 atom stereocenters. The van der Waals surface area contributed by atoms with Crippen LogP contribution in [0.25, 0.3) is 10.9 Å². The lowest BCUT2D eigenvalue weighted by molar-refractivity contribution is -0.119. The van der Waals surface area contributed by atoms with E-state index in [0.29, 0.717) is 40.9 Å². The maximum absolute atomic E-state index is 12.8. The maximum Gasteiger partial charge on any atom is 0.405 e. The number of hydrogen-bond donors (Lipinski definition) is 1. The summed E-state index contributed by atoms with van der Waals surface area (Å²) < 4.78 is 38.4. The molecule has 1 aromatic carbocycles. The van der Waals surface area contributed by atoms with Gasteiger partial charge in [0.2, 0.25) is 0 Å². The number of rotatable bonds is 4. The Bertz CT molecular complexity index is 638. The van der Waals surface area contributed by atoms with E-state index in [1.807, 2.05) is 6.92 Å². The van der Waals surface area contributed by atoms with Crippen LogP contribution in [0, 0.1) is 6.92 Å². The van der Waals surface area contributed by atoms with E-state index in [1.54, 1.807) is 31.2 Å². The first kappa shape index (κ1) is 15.4. The van der Waals surface area contributed by atoms with Crippen LogP contribution in [0.3, 0.4) is 0 Å². The predicted octanol–water partition coefficient (Wildman–Crippen LogP) is 3.90. The molecule has 21 heavy (non-hydrogen) atoms. The second-order valence-corrected chi connectivity index (χ2v) is 5.10. The highest BCUT2D eigenvalue weighted by atomic mass is 19.4. The van der Waals surface area contributed by atoms with Crippen molar-refractivity contribution in [2.75, 3.05) is 23.7 Å². The van der Waals surface area contributed by atoms with Gasteiger partial charge in [0.15, 0.2) is 0 Å². The number of nitrogens with zero attached hydrogens (tertiary/aromatic N) is 2. The largest absolute Gasteiger partial charge is 0.405 e. The summed E-state index contributed by atoms with van der Waals surface area (Å²) in [5, 5.41) is 0.651. The van der Waals surface area contributed by atoms with E-state index in [0.717, 1.165) is 0 Å². The third kappa shape index (κ3) is 3.77. The normalized spacial score (nSPS) is 11.9. The van der Waals surface area contributed by atoms with Gasteiger partial charge in [-0.15, -0.1) is 0 Å². The molecule has 0 saturated heterocycles. The van der Waals surface area contributed by atoms with E-state index in [4.69, 9.17) is 5.73 Å². The highest BCUT2D eigenvalue weighted by molar-refractivity contribution is 5.94. The van der Waals surface area contributed by atoms with Crippen LogP contribution in [0.4, 0.5) is 24.5 Å². The quantitative estimate of drug-likeness (QED) is 0.870. The Morgan fingerprint density at radius 2 is 1.95 bits per heavy atom. The molecule has 0 spiro atoms. The molecule has 2 N–H and O–H groups in total. The third-order valence-corrected chi connectivity index (χ3v) is 3.14. The molecule has 0 aliphatic heterocycles. The molecule has 6 heteroatoms. The number of aromatic nitrogens is 1. The minimum Gasteiger partial charge on any atom is -0.399 e. The number of nitrogens with two attached hydrogens (primary N) is 1. The van der Waals surface area contributed by atoms with Gasteiger partial charge in [-0.25, -0.2) is 0 Å². The SMILES string of the molecule is CCCN(CC(F)(F)F)c1cc(C)nc2ccc(N)cc12. The first-order valence-corrected chi connectivity index (χ1v) is 6.78. The van der Waals surface area contributed by atoms with E-state index in [-0.39, 0.29) is 0 Å². The number of halogens is 3. The molecule has 2 rings (SSSR count). The van der Waals surface area contributed by atoms with Crippen molar-refractivity contribution in [3.63, 3.8) is 0 Å². The summed E-state index contributed by atoms with van der Waals surface area (Å²) in [4.78, 5) is 5.70. The first-order chi connectivity index (χ1) is 9.80. The fourth-order valence-electron chi connectivity index (χ4n) is 2.39. The Morgan fingerprint density at radius 1 is 1.24 bits per heavy atom. The lowest BCUT2D eigenvalue weighted by Crippen LogP contribution is -2.35. The number of pyridine rings is 1. The van der Waals surface area contributed by atoms with Gasteiger partial charge in [0.05, 0.1) is 5.52 Å². The van der Waals surface area contributed by atoms with Crippen LogP contribution in [0.2, 0.25) is 0 Å². The zero-order valence-corrected chi connectivity index (χ0v) is 12.0. The van der Waals surface area contributed by atoms with Crippen LogP contribution >= 0.6 is 0 Å². The summed E-state index contributed by atoms with van der Waals surface area (Å²) in [5.41, 5.74) is 8.15. The second kappa shape index (κ2) is 5.79. The van der Waals surface area contributed by atoms with Crippen LogP contribution in [0.5, 0.6) is 0 Å². The molecular weight excluding hydrogens is 279 g/mol.